The quantitative estimate of drug-likeness (QED) is 0.591. The Balaban J connectivity index is 2.44. The van der Waals surface area contributed by atoms with Crippen LogP contribution in [0.5, 0.6) is 5.75 Å². The van der Waals surface area contributed by atoms with Gasteiger partial charge in [0.1, 0.15) is 5.75 Å². The molecular formula is C13H18BrNO2S. The zero-order valence-corrected chi connectivity index (χ0v) is 13.3. The van der Waals surface area contributed by atoms with E-state index < -0.39 is 0 Å². The van der Waals surface area contributed by atoms with Crippen LogP contribution in [-0.2, 0) is 4.79 Å². The van der Waals surface area contributed by atoms with E-state index in [1.807, 2.05) is 18.2 Å². The fourth-order valence-electron chi connectivity index (χ4n) is 1.39. The summed E-state index contributed by atoms with van der Waals surface area (Å²) in [5.41, 5.74) is 0. The summed E-state index contributed by atoms with van der Waals surface area (Å²) in [5, 5.41) is 0. The fraction of sp³-hybridized carbons (Fsp3) is 0.462. The molecule has 0 bridgehead atoms. The minimum Gasteiger partial charge on any atom is -0.496 e. The Morgan fingerprint density at radius 1 is 1.44 bits per heavy atom. The lowest BCUT2D eigenvalue weighted by atomic mass is 10.3. The molecule has 0 saturated carbocycles. The van der Waals surface area contributed by atoms with Gasteiger partial charge >= 0.3 is 0 Å². The van der Waals surface area contributed by atoms with Gasteiger partial charge in [0.05, 0.1) is 12.0 Å². The maximum absolute atomic E-state index is 11.4. The van der Waals surface area contributed by atoms with E-state index in [0.29, 0.717) is 6.42 Å². The molecule has 0 radical (unpaired) electrons. The summed E-state index contributed by atoms with van der Waals surface area (Å²) in [4.78, 5) is 14.1. The van der Waals surface area contributed by atoms with E-state index in [2.05, 4.69) is 15.9 Å². The monoisotopic (exact) mass is 331 g/mol. The molecule has 1 amide bonds. The summed E-state index contributed by atoms with van der Waals surface area (Å²) < 4.78 is 6.34. The highest BCUT2D eigenvalue weighted by Crippen LogP contribution is 2.32. The van der Waals surface area contributed by atoms with Crippen molar-refractivity contribution in [2.45, 2.75) is 17.7 Å². The molecule has 1 rings (SSSR count). The predicted octanol–water partition coefficient (Wildman–Crippen LogP) is 3.42. The van der Waals surface area contributed by atoms with Crippen LogP contribution < -0.4 is 4.74 Å². The fourth-order valence-corrected chi connectivity index (χ4v) is 2.92. The van der Waals surface area contributed by atoms with Gasteiger partial charge in [-0.15, -0.1) is 11.8 Å². The highest BCUT2D eigenvalue weighted by atomic mass is 79.9. The van der Waals surface area contributed by atoms with Crippen LogP contribution in [0.15, 0.2) is 27.6 Å². The highest BCUT2D eigenvalue weighted by molar-refractivity contribution is 9.10. The van der Waals surface area contributed by atoms with Crippen molar-refractivity contribution >= 4 is 33.6 Å². The van der Waals surface area contributed by atoms with Crippen LogP contribution in [0.25, 0.3) is 0 Å². The smallest absolute Gasteiger partial charge is 0.222 e. The Morgan fingerprint density at radius 3 is 2.78 bits per heavy atom. The van der Waals surface area contributed by atoms with E-state index in [-0.39, 0.29) is 5.91 Å². The van der Waals surface area contributed by atoms with Crippen LogP contribution >= 0.6 is 27.7 Å². The van der Waals surface area contributed by atoms with Crippen LogP contribution in [0.3, 0.4) is 0 Å². The normalized spacial score (nSPS) is 10.2. The molecule has 0 aliphatic carbocycles. The lowest BCUT2D eigenvalue weighted by molar-refractivity contribution is -0.128. The summed E-state index contributed by atoms with van der Waals surface area (Å²) in [6, 6.07) is 5.94. The molecule has 18 heavy (non-hydrogen) atoms. The second-order valence-electron chi connectivity index (χ2n) is 4.04. The minimum absolute atomic E-state index is 0.178. The van der Waals surface area contributed by atoms with Crippen LogP contribution in [-0.4, -0.2) is 37.8 Å². The molecule has 5 heteroatoms. The Bertz CT molecular complexity index is 410. The lowest BCUT2D eigenvalue weighted by Crippen LogP contribution is -2.21. The Labute approximate surface area is 121 Å². The van der Waals surface area contributed by atoms with E-state index in [9.17, 15) is 4.79 Å². The number of thioether (sulfide) groups is 1. The molecule has 0 fully saturated rings. The first kappa shape index (κ1) is 15.4. The topological polar surface area (TPSA) is 29.5 Å². The standard InChI is InChI=1S/C13H18BrNO2S/c1-15(2)13(16)5-4-8-18-12-9-10(14)6-7-11(12)17-3/h6-7,9H,4-5,8H2,1-3H3. The molecule has 0 aliphatic rings. The van der Waals surface area contributed by atoms with Crippen molar-refractivity contribution in [2.24, 2.45) is 0 Å². The van der Waals surface area contributed by atoms with E-state index in [1.54, 1.807) is 37.9 Å². The molecule has 1 aromatic carbocycles. The van der Waals surface area contributed by atoms with Gasteiger partial charge in [-0.25, -0.2) is 0 Å². The van der Waals surface area contributed by atoms with Crippen LogP contribution in [0.1, 0.15) is 12.8 Å². The SMILES string of the molecule is COc1ccc(Br)cc1SCCCC(=O)N(C)C. The van der Waals surface area contributed by atoms with Crippen molar-refractivity contribution in [3.63, 3.8) is 0 Å². The second-order valence-corrected chi connectivity index (χ2v) is 6.09. The Hall–Kier alpha value is -0.680. The first-order valence-corrected chi connectivity index (χ1v) is 7.49. The number of nitrogens with zero attached hydrogens (tertiary/aromatic N) is 1. The Kier molecular flexibility index (Phi) is 6.57. The average molecular weight is 332 g/mol. The molecular weight excluding hydrogens is 314 g/mol. The molecule has 3 nitrogen and oxygen atoms in total. The van der Waals surface area contributed by atoms with Crippen molar-refractivity contribution in [2.75, 3.05) is 27.0 Å². The lowest BCUT2D eigenvalue weighted by Gasteiger charge is -2.10. The van der Waals surface area contributed by atoms with E-state index >= 15 is 0 Å². The third-order valence-electron chi connectivity index (χ3n) is 2.42. The van der Waals surface area contributed by atoms with E-state index in [1.165, 1.54) is 0 Å². The number of hydrogen-bond donors (Lipinski definition) is 0. The molecule has 0 heterocycles. The van der Waals surface area contributed by atoms with Gasteiger partial charge in [0, 0.05) is 25.0 Å². The van der Waals surface area contributed by atoms with Crippen LogP contribution in [0, 0.1) is 0 Å². The number of amides is 1. The number of rotatable bonds is 6. The number of carbonyl (C=O) groups is 1. The van der Waals surface area contributed by atoms with Gasteiger partial charge in [-0.1, -0.05) is 15.9 Å². The number of carbonyl (C=O) groups excluding carboxylic acids is 1. The zero-order chi connectivity index (χ0) is 13.5. The van der Waals surface area contributed by atoms with E-state index in [4.69, 9.17) is 4.74 Å². The molecule has 0 spiro atoms. The number of benzene rings is 1. The third-order valence-corrected chi connectivity index (χ3v) is 4.03. The summed E-state index contributed by atoms with van der Waals surface area (Å²) >= 11 is 5.16. The minimum atomic E-state index is 0.178. The van der Waals surface area contributed by atoms with Gasteiger partial charge in [-0.2, -0.15) is 0 Å². The molecule has 1 aromatic rings. The average Bonchev–Trinajstić information content (AvgIpc) is 2.34. The highest BCUT2D eigenvalue weighted by Gasteiger charge is 2.06. The van der Waals surface area contributed by atoms with Gasteiger partial charge in [0.25, 0.3) is 0 Å². The van der Waals surface area contributed by atoms with Crippen molar-refractivity contribution in [3.05, 3.63) is 22.7 Å². The number of methoxy groups -OCH3 is 1. The molecule has 0 saturated heterocycles. The van der Waals surface area contributed by atoms with Gasteiger partial charge in [-0.3, -0.25) is 4.79 Å². The number of ether oxygens (including phenoxy) is 1. The van der Waals surface area contributed by atoms with E-state index in [0.717, 1.165) is 27.3 Å². The molecule has 0 unspecified atom stereocenters. The maximum atomic E-state index is 11.4. The first-order valence-electron chi connectivity index (χ1n) is 5.71. The molecule has 0 aliphatic heterocycles. The number of halogens is 1. The maximum Gasteiger partial charge on any atom is 0.222 e. The van der Waals surface area contributed by atoms with Crippen molar-refractivity contribution in [1.82, 2.24) is 4.90 Å². The van der Waals surface area contributed by atoms with Crippen molar-refractivity contribution in [3.8, 4) is 5.75 Å². The van der Waals surface area contributed by atoms with Crippen LogP contribution in [0.2, 0.25) is 0 Å². The summed E-state index contributed by atoms with van der Waals surface area (Å²) in [7, 11) is 5.24. The predicted molar refractivity (Wildman–Crippen MR) is 79.3 cm³/mol. The Morgan fingerprint density at radius 2 is 2.17 bits per heavy atom. The molecule has 0 aromatic heterocycles. The largest absolute Gasteiger partial charge is 0.496 e. The first-order chi connectivity index (χ1) is 8.54. The number of hydrogen-bond acceptors (Lipinski definition) is 3. The molecule has 0 N–H and O–H groups in total. The van der Waals surface area contributed by atoms with Gasteiger partial charge < -0.3 is 9.64 Å². The third kappa shape index (κ3) is 4.90. The molecule has 0 atom stereocenters. The van der Waals surface area contributed by atoms with Gasteiger partial charge in [-0.05, 0) is 30.4 Å². The molecule has 100 valence electrons. The van der Waals surface area contributed by atoms with Crippen molar-refractivity contribution in [1.29, 1.82) is 0 Å². The van der Waals surface area contributed by atoms with Gasteiger partial charge in [0.15, 0.2) is 0 Å². The summed E-state index contributed by atoms with van der Waals surface area (Å²) in [5.74, 6) is 1.96. The summed E-state index contributed by atoms with van der Waals surface area (Å²) in [6.07, 6.45) is 1.47. The van der Waals surface area contributed by atoms with Crippen LogP contribution in [0.4, 0.5) is 0 Å². The summed E-state index contributed by atoms with van der Waals surface area (Å²) in [6.45, 7) is 0. The van der Waals surface area contributed by atoms with Gasteiger partial charge in [0.2, 0.25) is 5.91 Å². The van der Waals surface area contributed by atoms with Crippen molar-refractivity contribution < 1.29 is 9.53 Å². The zero-order valence-electron chi connectivity index (χ0n) is 10.9. The second kappa shape index (κ2) is 7.69.